The van der Waals surface area contributed by atoms with Gasteiger partial charge in [0.2, 0.25) is 11.8 Å². The summed E-state index contributed by atoms with van der Waals surface area (Å²) in [5.41, 5.74) is 0. The van der Waals surface area contributed by atoms with Gasteiger partial charge in [-0.25, -0.2) is 0 Å². The summed E-state index contributed by atoms with van der Waals surface area (Å²) in [5, 5.41) is 6.21. The van der Waals surface area contributed by atoms with Crippen LogP contribution in [0, 0.1) is 0 Å². The van der Waals surface area contributed by atoms with Crippen molar-refractivity contribution in [3.8, 4) is 0 Å². The van der Waals surface area contributed by atoms with Crippen LogP contribution in [0.5, 0.6) is 0 Å². The molecule has 1 rings (SSSR count). The molecular weight excluding hydrogens is 238 g/mol. The van der Waals surface area contributed by atoms with Crippen molar-refractivity contribution in [2.75, 3.05) is 13.7 Å². The lowest BCUT2D eigenvalue weighted by Crippen LogP contribution is -2.30. The number of rotatable bonds is 7. The second-order valence-electron chi connectivity index (χ2n) is 3.71. The number of nitrogens with one attached hydrogen (secondary N) is 1. The lowest BCUT2D eigenvalue weighted by atomic mass is 10.3. The Kier molecular flexibility index (Phi) is 5.83. The first-order valence-electron chi connectivity index (χ1n) is 5.80. The van der Waals surface area contributed by atoms with E-state index in [-0.39, 0.29) is 18.9 Å². The number of carbonyl (C=O) groups is 2. The van der Waals surface area contributed by atoms with Crippen molar-refractivity contribution in [3.63, 3.8) is 0 Å². The zero-order valence-electron chi connectivity index (χ0n) is 10.6. The van der Waals surface area contributed by atoms with E-state index in [2.05, 4.69) is 20.2 Å². The Morgan fingerprint density at radius 1 is 1.39 bits per heavy atom. The summed E-state index contributed by atoms with van der Waals surface area (Å²) in [6, 6.07) is 0. The summed E-state index contributed by atoms with van der Waals surface area (Å²) in [6.45, 7) is 1.90. The molecule has 0 saturated carbocycles. The number of aromatic nitrogens is 2. The van der Waals surface area contributed by atoms with Gasteiger partial charge in [-0.05, 0) is 6.42 Å². The van der Waals surface area contributed by atoms with Crippen LogP contribution in [0.3, 0.4) is 0 Å². The first-order chi connectivity index (χ1) is 8.65. The van der Waals surface area contributed by atoms with Crippen LogP contribution in [0.1, 0.15) is 31.5 Å². The number of esters is 1. The van der Waals surface area contributed by atoms with Gasteiger partial charge in [0.1, 0.15) is 6.54 Å². The molecule has 0 unspecified atom stereocenters. The second kappa shape index (κ2) is 7.41. The summed E-state index contributed by atoms with van der Waals surface area (Å²) in [6.07, 6.45) is 2.27. The molecule has 0 aliphatic heterocycles. The number of amides is 1. The fourth-order valence-corrected chi connectivity index (χ4v) is 1.27. The molecule has 1 heterocycles. The Balaban J connectivity index is 2.26. The first-order valence-corrected chi connectivity index (χ1v) is 5.80. The van der Waals surface area contributed by atoms with Crippen molar-refractivity contribution in [1.29, 1.82) is 0 Å². The van der Waals surface area contributed by atoms with Crippen molar-refractivity contribution in [2.24, 2.45) is 0 Å². The van der Waals surface area contributed by atoms with Crippen LogP contribution < -0.4 is 5.32 Å². The predicted molar refractivity (Wildman–Crippen MR) is 61.6 cm³/mol. The van der Waals surface area contributed by atoms with Crippen molar-refractivity contribution >= 4 is 11.9 Å². The third-order valence-electron chi connectivity index (χ3n) is 2.21. The molecule has 7 heteroatoms. The van der Waals surface area contributed by atoms with Crippen LogP contribution in [0.4, 0.5) is 0 Å². The molecule has 0 aromatic carbocycles. The standard InChI is InChI=1S/C11H17N3O4/c1-3-4-8-13-10(18-14-8)6-5-9(15)12-7-11(16)17-2/h3-7H2,1-2H3,(H,12,15). The number of hydrogen-bond acceptors (Lipinski definition) is 6. The highest BCUT2D eigenvalue weighted by Crippen LogP contribution is 2.02. The molecule has 0 aliphatic rings. The minimum atomic E-state index is -0.480. The quantitative estimate of drug-likeness (QED) is 0.701. The minimum absolute atomic E-state index is 0.125. The lowest BCUT2D eigenvalue weighted by molar-refractivity contribution is -0.141. The average Bonchev–Trinajstić information content (AvgIpc) is 2.81. The number of ether oxygens (including phenoxy) is 1. The number of carbonyl (C=O) groups excluding carboxylic acids is 2. The average molecular weight is 255 g/mol. The van der Waals surface area contributed by atoms with Crippen molar-refractivity contribution < 1.29 is 18.8 Å². The topological polar surface area (TPSA) is 94.3 Å². The van der Waals surface area contributed by atoms with Crippen molar-refractivity contribution in [1.82, 2.24) is 15.5 Å². The van der Waals surface area contributed by atoms with Gasteiger partial charge in [-0.2, -0.15) is 4.98 Å². The molecule has 0 bridgehead atoms. The highest BCUT2D eigenvalue weighted by Gasteiger charge is 2.09. The van der Waals surface area contributed by atoms with Crippen molar-refractivity contribution in [2.45, 2.75) is 32.6 Å². The molecule has 1 aromatic heterocycles. The van der Waals surface area contributed by atoms with E-state index in [1.807, 2.05) is 6.92 Å². The van der Waals surface area contributed by atoms with Crippen molar-refractivity contribution in [3.05, 3.63) is 11.7 Å². The molecule has 0 spiro atoms. The van der Waals surface area contributed by atoms with Gasteiger partial charge in [0.15, 0.2) is 5.82 Å². The van der Waals surface area contributed by atoms with Gasteiger partial charge in [-0.1, -0.05) is 12.1 Å². The normalized spacial score (nSPS) is 10.1. The zero-order valence-corrected chi connectivity index (χ0v) is 10.6. The molecule has 100 valence electrons. The molecular formula is C11H17N3O4. The Morgan fingerprint density at radius 2 is 2.17 bits per heavy atom. The maximum Gasteiger partial charge on any atom is 0.325 e. The summed E-state index contributed by atoms with van der Waals surface area (Å²) in [7, 11) is 1.27. The summed E-state index contributed by atoms with van der Waals surface area (Å²) in [5.74, 6) is 0.358. The summed E-state index contributed by atoms with van der Waals surface area (Å²) in [4.78, 5) is 26.3. The maximum atomic E-state index is 11.4. The van der Waals surface area contributed by atoms with Crippen LogP contribution >= 0.6 is 0 Å². The predicted octanol–water partition coefficient (Wildman–Crippen LogP) is 0.244. The van der Waals surface area contributed by atoms with Gasteiger partial charge in [-0.15, -0.1) is 0 Å². The number of hydrogen-bond donors (Lipinski definition) is 1. The van der Waals surface area contributed by atoms with E-state index in [0.29, 0.717) is 18.1 Å². The number of nitrogens with zero attached hydrogens (tertiary/aromatic N) is 2. The molecule has 1 amide bonds. The highest BCUT2D eigenvalue weighted by molar-refractivity contribution is 5.81. The fourth-order valence-electron chi connectivity index (χ4n) is 1.27. The van der Waals surface area contributed by atoms with Crippen LogP contribution in [-0.2, 0) is 27.2 Å². The van der Waals surface area contributed by atoms with Gasteiger partial charge >= 0.3 is 5.97 Å². The van der Waals surface area contributed by atoms with E-state index < -0.39 is 5.97 Å². The Bertz CT molecular complexity index is 403. The van der Waals surface area contributed by atoms with Gasteiger partial charge < -0.3 is 14.6 Å². The molecule has 0 aliphatic carbocycles. The van der Waals surface area contributed by atoms with Crippen LogP contribution in [0.2, 0.25) is 0 Å². The number of methoxy groups -OCH3 is 1. The first kappa shape index (κ1) is 14.1. The molecule has 18 heavy (non-hydrogen) atoms. The molecule has 1 aromatic rings. The Morgan fingerprint density at radius 3 is 2.83 bits per heavy atom. The third-order valence-corrected chi connectivity index (χ3v) is 2.21. The molecule has 1 N–H and O–H groups in total. The lowest BCUT2D eigenvalue weighted by Gasteiger charge is -2.01. The van der Waals surface area contributed by atoms with Gasteiger partial charge in [0.05, 0.1) is 7.11 Å². The van der Waals surface area contributed by atoms with Crippen LogP contribution in [0.25, 0.3) is 0 Å². The largest absolute Gasteiger partial charge is 0.468 e. The third kappa shape index (κ3) is 4.94. The van der Waals surface area contributed by atoms with Crippen LogP contribution in [0.15, 0.2) is 4.52 Å². The summed E-state index contributed by atoms with van der Waals surface area (Å²) < 4.78 is 9.38. The van der Waals surface area contributed by atoms with Gasteiger partial charge in [0, 0.05) is 19.3 Å². The molecule has 0 saturated heterocycles. The molecule has 0 radical (unpaired) electrons. The second-order valence-corrected chi connectivity index (χ2v) is 3.71. The van der Waals surface area contributed by atoms with Crippen LogP contribution in [-0.4, -0.2) is 35.7 Å². The van der Waals surface area contributed by atoms with E-state index in [0.717, 1.165) is 12.8 Å². The monoisotopic (exact) mass is 255 g/mol. The SMILES string of the molecule is CCCc1noc(CCC(=O)NCC(=O)OC)n1. The Hall–Kier alpha value is -1.92. The van der Waals surface area contributed by atoms with Gasteiger partial charge in [0.25, 0.3) is 0 Å². The van der Waals surface area contributed by atoms with E-state index in [1.54, 1.807) is 0 Å². The molecule has 0 fully saturated rings. The minimum Gasteiger partial charge on any atom is -0.468 e. The summed E-state index contributed by atoms with van der Waals surface area (Å²) >= 11 is 0. The maximum absolute atomic E-state index is 11.4. The fraction of sp³-hybridized carbons (Fsp3) is 0.636. The molecule has 7 nitrogen and oxygen atoms in total. The van der Waals surface area contributed by atoms with Gasteiger partial charge in [-0.3, -0.25) is 9.59 Å². The number of aryl methyl sites for hydroxylation is 2. The Labute approximate surface area is 105 Å². The van der Waals surface area contributed by atoms with E-state index in [1.165, 1.54) is 7.11 Å². The highest BCUT2D eigenvalue weighted by atomic mass is 16.5. The smallest absolute Gasteiger partial charge is 0.325 e. The zero-order chi connectivity index (χ0) is 13.4. The van der Waals surface area contributed by atoms with E-state index in [9.17, 15) is 9.59 Å². The van der Waals surface area contributed by atoms with E-state index in [4.69, 9.17) is 4.52 Å². The molecule has 0 atom stereocenters. The van der Waals surface area contributed by atoms with E-state index >= 15 is 0 Å².